The van der Waals surface area contributed by atoms with Gasteiger partial charge in [0.1, 0.15) is 11.9 Å². The lowest BCUT2D eigenvalue weighted by atomic mass is 10.0. The van der Waals surface area contributed by atoms with Crippen molar-refractivity contribution in [2.45, 2.75) is 25.4 Å². The first-order valence-corrected chi connectivity index (χ1v) is 12.9. The first-order chi connectivity index (χ1) is 19.1. The number of nitriles is 1. The van der Waals surface area contributed by atoms with E-state index in [0.29, 0.717) is 17.5 Å². The zero-order valence-electron chi connectivity index (χ0n) is 21.9. The van der Waals surface area contributed by atoms with E-state index in [-0.39, 0.29) is 0 Å². The lowest BCUT2D eigenvalue weighted by Gasteiger charge is -2.32. The van der Waals surface area contributed by atoms with E-state index in [4.69, 9.17) is 9.72 Å². The molecule has 6 rings (SSSR count). The minimum Gasteiger partial charge on any atom is -0.481 e. The highest BCUT2D eigenvalue weighted by Gasteiger charge is 2.20. The van der Waals surface area contributed by atoms with E-state index in [1.807, 2.05) is 50.2 Å². The standard InChI is InChI=1S/C29H29N9O/c1-36-18-24(16-33-36)22-11-26(29-23(12-30)15-34-38(29)19-22)21-4-5-27(31-14-21)35-25-7-9-37(10-8-25)17-20-3-6-28(39-2)32-13-20/h3-6,11,13-16,18-19,25H,7-10,17H2,1-2H3,(H,31,35). The number of ether oxygens (including phenoxy) is 1. The normalized spacial score (nSPS) is 14.4. The van der Waals surface area contributed by atoms with Gasteiger partial charge in [0.2, 0.25) is 5.88 Å². The van der Waals surface area contributed by atoms with Crippen molar-refractivity contribution in [3.05, 3.63) is 78.6 Å². The largest absolute Gasteiger partial charge is 0.481 e. The Morgan fingerprint density at radius 3 is 2.51 bits per heavy atom. The van der Waals surface area contributed by atoms with E-state index < -0.39 is 0 Å². The van der Waals surface area contributed by atoms with Gasteiger partial charge in [0.25, 0.3) is 0 Å². The first-order valence-electron chi connectivity index (χ1n) is 12.9. The van der Waals surface area contributed by atoms with Gasteiger partial charge in [-0.25, -0.2) is 14.5 Å². The van der Waals surface area contributed by atoms with E-state index >= 15 is 0 Å². The topological polar surface area (TPSA) is 109 Å². The van der Waals surface area contributed by atoms with Crippen LogP contribution in [0.2, 0.25) is 0 Å². The van der Waals surface area contributed by atoms with Gasteiger partial charge in [-0.3, -0.25) is 9.58 Å². The first kappa shape index (κ1) is 24.6. The fraction of sp³-hybridized carbons (Fsp3) is 0.276. The number of rotatable bonds is 7. The Morgan fingerprint density at radius 1 is 0.974 bits per heavy atom. The van der Waals surface area contributed by atoms with E-state index in [1.165, 1.54) is 5.56 Å². The Kier molecular flexibility index (Phi) is 6.65. The number of pyridine rings is 3. The van der Waals surface area contributed by atoms with E-state index in [0.717, 1.165) is 66.1 Å². The molecule has 10 heteroatoms. The van der Waals surface area contributed by atoms with Gasteiger partial charge in [-0.2, -0.15) is 15.5 Å². The van der Waals surface area contributed by atoms with E-state index in [2.05, 4.69) is 49.7 Å². The van der Waals surface area contributed by atoms with Crippen LogP contribution in [0.1, 0.15) is 24.0 Å². The molecule has 1 aliphatic heterocycles. The maximum absolute atomic E-state index is 9.68. The Hall–Kier alpha value is -4.75. The highest BCUT2D eigenvalue weighted by Crippen LogP contribution is 2.32. The third-order valence-electron chi connectivity index (χ3n) is 7.20. The number of piperidine rings is 1. The average Bonchev–Trinajstić information content (AvgIpc) is 3.60. The Morgan fingerprint density at radius 2 is 1.85 bits per heavy atom. The van der Waals surface area contributed by atoms with Crippen molar-refractivity contribution in [3.63, 3.8) is 0 Å². The number of methoxy groups -OCH3 is 1. The Labute approximate surface area is 226 Å². The van der Waals surface area contributed by atoms with Gasteiger partial charge >= 0.3 is 0 Å². The summed E-state index contributed by atoms with van der Waals surface area (Å²) in [7, 11) is 3.52. The smallest absolute Gasteiger partial charge is 0.212 e. The molecule has 0 amide bonds. The predicted octanol–water partition coefficient (Wildman–Crippen LogP) is 4.15. The van der Waals surface area contributed by atoms with Crippen LogP contribution < -0.4 is 10.1 Å². The second-order valence-electron chi connectivity index (χ2n) is 9.84. The van der Waals surface area contributed by atoms with Crippen LogP contribution in [0.25, 0.3) is 27.8 Å². The summed E-state index contributed by atoms with van der Waals surface area (Å²) in [6.07, 6.45) is 13.2. The summed E-state index contributed by atoms with van der Waals surface area (Å²) in [4.78, 5) is 11.5. The van der Waals surface area contributed by atoms with Crippen LogP contribution in [0.3, 0.4) is 0 Å². The lowest BCUT2D eigenvalue weighted by molar-refractivity contribution is 0.211. The molecule has 0 spiro atoms. The second kappa shape index (κ2) is 10.6. The summed E-state index contributed by atoms with van der Waals surface area (Å²) < 4.78 is 8.69. The zero-order valence-corrected chi connectivity index (χ0v) is 21.9. The fourth-order valence-corrected chi connectivity index (χ4v) is 5.12. The zero-order chi connectivity index (χ0) is 26.8. The molecule has 0 saturated carbocycles. The van der Waals surface area contributed by atoms with Crippen molar-refractivity contribution in [1.29, 1.82) is 5.26 Å². The lowest BCUT2D eigenvalue weighted by Crippen LogP contribution is -2.38. The van der Waals surface area contributed by atoms with Crippen LogP contribution in [-0.4, -0.2) is 60.5 Å². The van der Waals surface area contributed by atoms with Gasteiger partial charge in [-0.05, 0) is 36.6 Å². The molecule has 0 atom stereocenters. The van der Waals surface area contributed by atoms with Gasteiger partial charge in [-0.1, -0.05) is 6.07 Å². The van der Waals surface area contributed by atoms with Crippen molar-refractivity contribution < 1.29 is 4.74 Å². The number of hydrogen-bond acceptors (Lipinski definition) is 8. The molecule has 0 aliphatic carbocycles. The summed E-state index contributed by atoms with van der Waals surface area (Å²) in [5.41, 5.74) is 6.28. The summed E-state index contributed by atoms with van der Waals surface area (Å²) in [5.74, 6) is 1.49. The van der Waals surface area contributed by atoms with Crippen LogP contribution in [0.5, 0.6) is 5.88 Å². The predicted molar refractivity (Wildman–Crippen MR) is 148 cm³/mol. The second-order valence-corrected chi connectivity index (χ2v) is 9.84. The summed E-state index contributed by atoms with van der Waals surface area (Å²) in [6, 6.07) is 12.8. The van der Waals surface area contributed by atoms with E-state index in [9.17, 15) is 5.26 Å². The number of fused-ring (bicyclic) bond motifs is 1. The maximum Gasteiger partial charge on any atom is 0.212 e. The van der Waals surface area contributed by atoms with Gasteiger partial charge in [-0.15, -0.1) is 0 Å². The molecule has 1 saturated heterocycles. The number of aromatic nitrogens is 6. The molecule has 0 bridgehead atoms. The minimum atomic E-state index is 0.370. The van der Waals surface area contributed by atoms with Gasteiger partial charge in [0.05, 0.1) is 30.6 Å². The Bertz CT molecular complexity index is 1620. The Balaban J connectivity index is 1.15. The molecule has 0 aromatic carbocycles. The van der Waals surface area contributed by atoms with Gasteiger partial charge < -0.3 is 10.1 Å². The number of anilines is 1. The van der Waals surface area contributed by atoms with Crippen molar-refractivity contribution in [2.75, 3.05) is 25.5 Å². The van der Waals surface area contributed by atoms with Gasteiger partial charge in [0.15, 0.2) is 0 Å². The number of nitrogens with one attached hydrogen (secondary N) is 1. The van der Waals surface area contributed by atoms with Crippen molar-refractivity contribution >= 4 is 11.3 Å². The van der Waals surface area contributed by atoms with Crippen LogP contribution in [0, 0.1) is 11.3 Å². The summed E-state index contributed by atoms with van der Waals surface area (Å²) in [5, 5.41) is 22.0. The summed E-state index contributed by atoms with van der Waals surface area (Å²) >= 11 is 0. The molecule has 0 radical (unpaired) electrons. The molecule has 39 heavy (non-hydrogen) atoms. The number of nitrogens with zero attached hydrogens (tertiary/aromatic N) is 8. The summed E-state index contributed by atoms with van der Waals surface area (Å²) in [6.45, 7) is 2.92. The third-order valence-corrected chi connectivity index (χ3v) is 7.20. The molecule has 6 heterocycles. The van der Waals surface area contributed by atoms with Crippen LogP contribution >= 0.6 is 0 Å². The van der Waals surface area contributed by atoms with Crippen molar-refractivity contribution in [2.24, 2.45) is 7.05 Å². The number of aryl methyl sites for hydroxylation is 1. The minimum absolute atomic E-state index is 0.370. The molecular formula is C29H29N9O. The molecule has 1 aliphatic rings. The molecule has 10 nitrogen and oxygen atoms in total. The van der Waals surface area contributed by atoms with Crippen molar-refractivity contribution in [3.8, 4) is 34.2 Å². The van der Waals surface area contributed by atoms with E-state index in [1.54, 1.807) is 22.5 Å². The van der Waals surface area contributed by atoms with Gasteiger partial charge in [0, 0.05) is 85.8 Å². The maximum atomic E-state index is 9.68. The van der Waals surface area contributed by atoms with Crippen LogP contribution in [-0.2, 0) is 13.6 Å². The molecule has 1 N–H and O–H groups in total. The quantitative estimate of drug-likeness (QED) is 0.342. The molecule has 5 aromatic heterocycles. The van der Waals surface area contributed by atoms with Crippen molar-refractivity contribution in [1.82, 2.24) is 34.3 Å². The fourth-order valence-electron chi connectivity index (χ4n) is 5.12. The molecular weight excluding hydrogens is 490 g/mol. The highest BCUT2D eigenvalue weighted by atomic mass is 16.5. The third kappa shape index (κ3) is 5.17. The number of hydrogen-bond donors (Lipinski definition) is 1. The molecule has 1 fully saturated rings. The highest BCUT2D eigenvalue weighted by molar-refractivity contribution is 5.87. The monoisotopic (exact) mass is 519 g/mol. The SMILES string of the molecule is COc1ccc(CN2CCC(Nc3ccc(-c4cc(-c5cnn(C)c5)cn5ncc(C#N)c45)cn3)CC2)cn1. The van der Waals surface area contributed by atoms with Crippen LogP contribution in [0.15, 0.2) is 67.5 Å². The molecule has 196 valence electrons. The molecule has 0 unspecified atom stereocenters. The van der Waals surface area contributed by atoms with Crippen LogP contribution in [0.4, 0.5) is 5.82 Å². The number of likely N-dealkylation sites (tertiary alicyclic amines) is 1. The average molecular weight is 520 g/mol. The molecule has 5 aromatic rings.